The van der Waals surface area contributed by atoms with Gasteiger partial charge in [-0.2, -0.15) is 18.2 Å². The number of halogens is 4. The molecular formula is C26H19F4N3O2S. The predicted octanol–water partition coefficient (Wildman–Crippen LogP) is 7.04. The minimum Gasteiger partial charge on any atom is -0.349 e. The summed E-state index contributed by atoms with van der Waals surface area (Å²) in [5, 5.41) is 6.91. The molecule has 2 aromatic heterocycles. The smallest absolute Gasteiger partial charge is 0.349 e. The second-order valence-corrected chi connectivity index (χ2v) is 9.47. The van der Waals surface area contributed by atoms with Gasteiger partial charge in [0.2, 0.25) is 11.7 Å². The molecular weight excluding hydrogens is 494 g/mol. The van der Waals surface area contributed by atoms with E-state index in [1.807, 2.05) is 12.1 Å². The summed E-state index contributed by atoms with van der Waals surface area (Å²) in [5.41, 5.74) is 1.70. The van der Waals surface area contributed by atoms with E-state index < -0.39 is 16.9 Å². The Kier molecular flexibility index (Phi) is 6.21. The number of aromatic nitrogens is 2. The highest BCUT2D eigenvalue weighted by molar-refractivity contribution is 7.16. The van der Waals surface area contributed by atoms with E-state index in [2.05, 4.69) is 22.0 Å². The average Bonchev–Trinajstić information content (AvgIpc) is 3.58. The molecule has 0 bridgehead atoms. The van der Waals surface area contributed by atoms with Crippen LogP contribution >= 0.6 is 11.3 Å². The van der Waals surface area contributed by atoms with Crippen LogP contribution in [0.25, 0.3) is 33.3 Å². The average molecular weight is 514 g/mol. The second-order valence-electron chi connectivity index (χ2n) is 8.42. The van der Waals surface area contributed by atoms with Gasteiger partial charge >= 0.3 is 6.18 Å². The van der Waals surface area contributed by atoms with Gasteiger partial charge in [-0.15, -0.1) is 17.9 Å². The number of carbonyl (C=O) groups excluding carboxylic acids is 1. The topological polar surface area (TPSA) is 68.0 Å². The number of nitrogens with zero attached hydrogens (tertiary/aromatic N) is 2. The fraction of sp³-hybridized carbons (Fsp3) is 0.192. The minimum atomic E-state index is -4.61. The van der Waals surface area contributed by atoms with Crippen LogP contribution in [0.1, 0.15) is 29.3 Å². The van der Waals surface area contributed by atoms with Gasteiger partial charge in [0.1, 0.15) is 10.7 Å². The summed E-state index contributed by atoms with van der Waals surface area (Å²) in [4.78, 5) is 15.7. The van der Waals surface area contributed by atoms with Crippen LogP contribution in [0.2, 0.25) is 0 Å². The van der Waals surface area contributed by atoms with Gasteiger partial charge in [-0.3, -0.25) is 4.79 Å². The normalized spacial score (nSPS) is 17.8. The number of nitrogens with one attached hydrogen (secondary N) is 1. The summed E-state index contributed by atoms with van der Waals surface area (Å²) in [5.74, 6) is -0.461. The Morgan fingerprint density at radius 1 is 1.11 bits per heavy atom. The number of carbonyl (C=O) groups is 1. The number of benzene rings is 2. The number of thiophene rings is 1. The molecule has 5 nitrogen and oxygen atoms in total. The number of hydrogen-bond donors (Lipinski definition) is 1. The van der Waals surface area contributed by atoms with E-state index in [0.29, 0.717) is 29.7 Å². The summed E-state index contributed by atoms with van der Waals surface area (Å²) in [6.45, 7) is 3.69. The summed E-state index contributed by atoms with van der Waals surface area (Å²) < 4.78 is 59.7. The summed E-state index contributed by atoms with van der Waals surface area (Å²) in [7, 11) is 0. The third kappa shape index (κ3) is 4.68. The summed E-state index contributed by atoms with van der Waals surface area (Å²) in [6, 6.07) is 13.3. The van der Waals surface area contributed by atoms with Gasteiger partial charge in [0.25, 0.3) is 5.89 Å². The van der Waals surface area contributed by atoms with Crippen LogP contribution in [0, 0.1) is 11.7 Å². The van der Waals surface area contributed by atoms with Crippen molar-refractivity contribution in [2.24, 2.45) is 5.92 Å². The van der Waals surface area contributed by atoms with Crippen LogP contribution in [-0.4, -0.2) is 16.0 Å². The molecule has 1 aliphatic heterocycles. The molecule has 4 aromatic rings. The molecule has 1 amide bonds. The third-order valence-corrected chi connectivity index (χ3v) is 7.18. The number of amides is 1. The van der Waals surface area contributed by atoms with Crippen molar-refractivity contribution in [1.82, 2.24) is 15.5 Å². The van der Waals surface area contributed by atoms with E-state index in [4.69, 9.17) is 4.52 Å². The Hall–Kier alpha value is -3.79. The lowest BCUT2D eigenvalue weighted by atomic mass is 9.97. The first-order valence-corrected chi connectivity index (χ1v) is 11.9. The van der Waals surface area contributed by atoms with Crippen molar-refractivity contribution in [1.29, 1.82) is 0 Å². The Morgan fingerprint density at radius 3 is 2.47 bits per heavy atom. The second kappa shape index (κ2) is 9.34. The van der Waals surface area contributed by atoms with E-state index in [0.717, 1.165) is 17.7 Å². The molecule has 1 fully saturated rings. The highest BCUT2D eigenvalue weighted by Gasteiger charge is 2.37. The molecule has 1 aliphatic rings. The van der Waals surface area contributed by atoms with Crippen LogP contribution < -0.4 is 5.32 Å². The van der Waals surface area contributed by atoms with Crippen molar-refractivity contribution in [2.75, 3.05) is 0 Å². The maximum absolute atomic E-state index is 13.7. The molecule has 0 aliphatic carbocycles. The van der Waals surface area contributed by atoms with Gasteiger partial charge in [0, 0.05) is 17.0 Å². The van der Waals surface area contributed by atoms with E-state index in [9.17, 15) is 22.4 Å². The zero-order valence-electron chi connectivity index (χ0n) is 18.7. The van der Waals surface area contributed by atoms with E-state index in [1.165, 1.54) is 18.2 Å². The molecule has 1 saturated heterocycles. The molecule has 0 saturated carbocycles. The molecule has 184 valence electrons. The maximum Gasteiger partial charge on any atom is 0.426 e. The number of rotatable bonds is 6. The predicted molar refractivity (Wildman–Crippen MR) is 127 cm³/mol. The molecule has 1 N–H and O–H groups in total. The Labute approximate surface area is 207 Å². The van der Waals surface area contributed by atoms with Crippen molar-refractivity contribution < 1.29 is 26.9 Å². The minimum absolute atomic E-state index is 0.000895. The maximum atomic E-state index is 13.7. The molecule has 0 radical (unpaired) electrons. The highest BCUT2D eigenvalue weighted by Crippen LogP contribution is 2.45. The van der Waals surface area contributed by atoms with Gasteiger partial charge in [0.05, 0.1) is 10.9 Å². The van der Waals surface area contributed by atoms with Crippen LogP contribution in [0.4, 0.5) is 17.6 Å². The van der Waals surface area contributed by atoms with Gasteiger partial charge in [-0.1, -0.05) is 47.6 Å². The first kappa shape index (κ1) is 23.9. The van der Waals surface area contributed by atoms with Crippen molar-refractivity contribution in [3.8, 4) is 33.3 Å². The Bertz CT molecular complexity index is 1410. The number of allylic oxidation sites excluding steroid dienone is 1. The van der Waals surface area contributed by atoms with Crippen molar-refractivity contribution in [3.63, 3.8) is 0 Å². The van der Waals surface area contributed by atoms with Gasteiger partial charge in [-0.05, 0) is 42.2 Å². The fourth-order valence-electron chi connectivity index (χ4n) is 4.22. The van der Waals surface area contributed by atoms with Crippen LogP contribution in [0.5, 0.6) is 0 Å². The first-order chi connectivity index (χ1) is 17.2. The first-order valence-electron chi connectivity index (χ1n) is 11.1. The molecule has 3 heterocycles. The summed E-state index contributed by atoms with van der Waals surface area (Å²) >= 11 is 0.488. The Balaban J connectivity index is 1.40. The fourth-order valence-corrected chi connectivity index (χ4v) is 5.19. The van der Waals surface area contributed by atoms with E-state index >= 15 is 0 Å². The van der Waals surface area contributed by atoms with Crippen LogP contribution in [0.15, 0.2) is 71.8 Å². The van der Waals surface area contributed by atoms with Crippen molar-refractivity contribution in [2.45, 2.75) is 25.1 Å². The van der Waals surface area contributed by atoms with Crippen LogP contribution in [0.3, 0.4) is 0 Å². The SMILES string of the molecule is C=CC[C@H]1C[C@H](c2ccc(-c3noc(-c4cc(-c5ccc(F)cc5)c(C(F)(F)F)s4)n3)cc2)NC1=O. The molecule has 0 unspecified atom stereocenters. The largest absolute Gasteiger partial charge is 0.426 e. The quantitative estimate of drug-likeness (QED) is 0.222. The van der Waals surface area contributed by atoms with Gasteiger partial charge in [0.15, 0.2) is 0 Å². The number of alkyl halides is 3. The van der Waals surface area contributed by atoms with E-state index in [-0.39, 0.29) is 45.6 Å². The van der Waals surface area contributed by atoms with Crippen molar-refractivity contribution in [3.05, 3.63) is 83.5 Å². The molecule has 5 rings (SSSR count). The zero-order valence-corrected chi connectivity index (χ0v) is 19.5. The molecule has 2 atom stereocenters. The van der Waals surface area contributed by atoms with Crippen molar-refractivity contribution >= 4 is 17.2 Å². The number of hydrogen-bond acceptors (Lipinski definition) is 5. The lowest BCUT2D eigenvalue weighted by molar-refractivity contribution is -0.133. The zero-order chi connectivity index (χ0) is 25.4. The Morgan fingerprint density at radius 2 is 1.81 bits per heavy atom. The lowest BCUT2D eigenvalue weighted by Crippen LogP contribution is -2.21. The third-order valence-electron chi connectivity index (χ3n) is 6.01. The lowest BCUT2D eigenvalue weighted by Gasteiger charge is -2.10. The summed E-state index contributed by atoms with van der Waals surface area (Å²) in [6.07, 6.45) is -1.58. The monoisotopic (exact) mass is 513 g/mol. The molecule has 2 aromatic carbocycles. The standard InChI is InChI=1S/C26H19F4N3O2S/c1-2-3-17-12-20(31-24(17)34)15-4-6-16(7-5-15)23-32-25(35-33-23)21-13-19(22(36-21)26(28,29)30)14-8-10-18(27)11-9-14/h2,4-11,13,17,20H,1,3,12H2,(H,31,34)/t17-,20+/m0/s1. The molecule has 36 heavy (non-hydrogen) atoms. The molecule has 10 heteroatoms. The highest BCUT2D eigenvalue weighted by atomic mass is 32.1. The van der Waals surface area contributed by atoms with Gasteiger partial charge in [-0.25, -0.2) is 4.39 Å². The van der Waals surface area contributed by atoms with Crippen LogP contribution in [-0.2, 0) is 11.0 Å². The van der Waals surface area contributed by atoms with E-state index in [1.54, 1.807) is 18.2 Å². The molecule has 0 spiro atoms. The van der Waals surface area contributed by atoms with Gasteiger partial charge < -0.3 is 9.84 Å².